The molecule has 2 heterocycles. The fraction of sp³-hybridized carbons (Fsp3) is 0.308. The predicted molar refractivity (Wildman–Crippen MR) is 61.1 cm³/mol. The monoisotopic (exact) mass is 217 g/mol. The van der Waals surface area contributed by atoms with Crippen LogP contribution in [0.4, 0.5) is 0 Å². The zero-order valence-electron chi connectivity index (χ0n) is 9.42. The van der Waals surface area contributed by atoms with E-state index in [1.807, 2.05) is 32.0 Å². The van der Waals surface area contributed by atoms with Gasteiger partial charge in [0.05, 0.1) is 6.26 Å². The van der Waals surface area contributed by atoms with Crippen molar-refractivity contribution in [3.8, 4) is 0 Å². The molecule has 3 heteroatoms. The average molecular weight is 217 g/mol. The summed E-state index contributed by atoms with van der Waals surface area (Å²) in [4.78, 5) is 3.96. The molecule has 2 rings (SSSR count). The number of hydrogen-bond donors (Lipinski definition) is 1. The van der Waals surface area contributed by atoms with Gasteiger partial charge in [-0.15, -0.1) is 0 Å². The molecule has 0 bridgehead atoms. The van der Waals surface area contributed by atoms with Crippen LogP contribution in [0.2, 0.25) is 0 Å². The smallest absolute Gasteiger partial charge is 0.135 e. The van der Waals surface area contributed by atoms with E-state index in [0.29, 0.717) is 5.76 Å². The molecule has 0 spiro atoms. The maximum Gasteiger partial charge on any atom is 0.135 e. The van der Waals surface area contributed by atoms with Crippen LogP contribution in [0, 0.1) is 6.92 Å². The Labute approximate surface area is 94.8 Å². The molecule has 0 saturated heterocycles. The zero-order valence-corrected chi connectivity index (χ0v) is 9.42. The molecule has 0 fully saturated rings. The molecule has 0 amide bonds. The minimum absolute atomic E-state index is 0.00662. The Bertz CT molecular complexity index is 450. The second kappa shape index (κ2) is 4.49. The highest BCUT2D eigenvalue weighted by Gasteiger charge is 2.22. The van der Waals surface area contributed by atoms with Crippen LogP contribution in [0.5, 0.6) is 0 Å². The largest absolute Gasteiger partial charge is 0.466 e. The van der Waals surface area contributed by atoms with Crippen LogP contribution in [-0.2, 0) is 0 Å². The van der Waals surface area contributed by atoms with Crippen LogP contribution >= 0.6 is 0 Å². The van der Waals surface area contributed by atoms with E-state index in [2.05, 4.69) is 4.98 Å². The van der Waals surface area contributed by atoms with E-state index in [9.17, 15) is 5.11 Å². The Morgan fingerprint density at radius 1 is 1.25 bits per heavy atom. The van der Waals surface area contributed by atoms with Gasteiger partial charge in [-0.3, -0.25) is 4.98 Å². The van der Waals surface area contributed by atoms with Crippen LogP contribution in [-0.4, -0.2) is 10.1 Å². The Morgan fingerprint density at radius 3 is 2.50 bits per heavy atom. The number of aryl methyl sites for hydroxylation is 1. The van der Waals surface area contributed by atoms with Gasteiger partial charge in [0.15, 0.2) is 0 Å². The van der Waals surface area contributed by atoms with Crippen molar-refractivity contribution in [2.75, 3.05) is 0 Å². The van der Waals surface area contributed by atoms with E-state index in [0.717, 1.165) is 11.1 Å². The summed E-state index contributed by atoms with van der Waals surface area (Å²) in [5, 5.41) is 10.2. The first-order valence-electron chi connectivity index (χ1n) is 5.32. The maximum absolute atomic E-state index is 10.2. The molecule has 16 heavy (non-hydrogen) atoms. The molecule has 1 N–H and O–H groups in total. The Hall–Kier alpha value is -1.61. The van der Waals surface area contributed by atoms with Gasteiger partial charge in [0.1, 0.15) is 11.9 Å². The van der Waals surface area contributed by atoms with E-state index in [-0.39, 0.29) is 5.92 Å². The van der Waals surface area contributed by atoms with Crippen molar-refractivity contribution < 1.29 is 9.52 Å². The molecule has 2 aromatic heterocycles. The lowest BCUT2D eigenvalue weighted by molar-refractivity contribution is 0.124. The van der Waals surface area contributed by atoms with Crippen molar-refractivity contribution in [3.63, 3.8) is 0 Å². The zero-order chi connectivity index (χ0) is 11.5. The summed E-state index contributed by atoms with van der Waals surface area (Å²) < 4.78 is 5.30. The lowest BCUT2D eigenvalue weighted by Gasteiger charge is -2.17. The number of aliphatic hydroxyl groups is 1. The minimum Gasteiger partial charge on any atom is -0.466 e. The van der Waals surface area contributed by atoms with Crippen molar-refractivity contribution in [2.45, 2.75) is 25.9 Å². The summed E-state index contributed by atoms with van der Waals surface area (Å²) in [6.07, 6.45) is 4.45. The normalized spacial score (nSPS) is 14.7. The highest BCUT2D eigenvalue weighted by Crippen LogP contribution is 2.32. The molecule has 0 aromatic carbocycles. The van der Waals surface area contributed by atoms with E-state index in [4.69, 9.17) is 4.42 Å². The summed E-state index contributed by atoms with van der Waals surface area (Å²) in [5.41, 5.74) is 2.03. The molecular formula is C13H15NO2. The van der Waals surface area contributed by atoms with Gasteiger partial charge in [0, 0.05) is 18.3 Å². The first kappa shape index (κ1) is 10.9. The summed E-state index contributed by atoms with van der Waals surface area (Å²) in [5.74, 6) is 0.636. The second-order valence-electron chi connectivity index (χ2n) is 3.98. The van der Waals surface area contributed by atoms with Gasteiger partial charge in [0.25, 0.3) is 0 Å². The number of rotatable bonds is 3. The number of pyridine rings is 1. The van der Waals surface area contributed by atoms with Gasteiger partial charge in [-0.1, -0.05) is 6.92 Å². The SMILES string of the molecule is Cc1ccoc1C(O)C(C)c1ccncc1. The first-order valence-corrected chi connectivity index (χ1v) is 5.32. The Balaban J connectivity index is 2.23. The quantitative estimate of drug-likeness (QED) is 0.859. The third-order valence-electron chi connectivity index (χ3n) is 2.88. The minimum atomic E-state index is -0.614. The molecule has 2 atom stereocenters. The van der Waals surface area contributed by atoms with Gasteiger partial charge in [-0.25, -0.2) is 0 Å². The standard InChI is InChI=1S/C13H15NO2/c1-9-5-8-16-13(9)12(15)10(2)11-3-6-14-7-4-11/h3-8,10,12,15H,1-2H3. The fourth-order valence-corrected chi connectivity index (χ4v) is 1.76. The molecule has 3 nitrogen and oxygen atoms in total. The Kier molecular flexibility index (Phi) is 3.06. The molecular weight excluding hydrogens is 202 g/mol. The maximum atomic E-state index is 10.2. The Morgan fingerprint density at radius 2 is 1.94 bits per heavy atom. The first-order chi connectivity index (χ1) is 7.70. The van der Waals surface area contributed by atoms with Gasteiger partial charge in [-0.2, -0.15) is 0 Å². The molecule has 0 saturated carbocycles. The summed E-state index contributed by atoms with van der Waals surface area (Å²) in [7, 11) is 0. The molecule has 2 aromatic rings. The third kappa shape index (κ3) is 1.99. The second-order valence-corrected chi connectivity index (χ2v) is 3.98. The van der Waals surface area contributed by atoms with Gasteiger partial charge >= 0.3 is 0 Å². The number of aromatic nitrogens is 1. The lowest BCUT2D eigenvalue weighted by Crippen LogP contribution is -2.07. The van der Waals surface area contributed by atoms with Crippen molar-refractivity contribution in [3.05, 3.63) is 53.7 Å². The number of aliphatic hydroxyl groups excluding tert-OH is 1. The van der Waals surface area contributed by atoms with E-state index < -0.39 is 6.10 Å². The summed E-state index contributed by atoms with van der Waals surface area (Å²) in [6, 6.07) is 5.68. The van der Waals surface area contributed by atoms with Crippen LogP contribution in [0.15, 0.2) is 41.3 Å². The lowest BCUT2D eigenvalue weighted by atomic mass is 9.93. The van der Waals surface area contributed by atoms with Crippen molar-refractivity contribution in [1.82, 2.24) is 4.98 Å². The average Bonchev–Trinajstić information content (AvgIpc) is 2.75. The molecule has 0 aliphatic carbocycles. The molecule has 0 aliphatic heterocycles. The number of hydrogen-bond acceptors (Lipinski definition) is 3. The number of nitrogens with zero attached hydrogens (tertiary/aromatic N) is 1. The molecule has 2 unspecified atom stereocenters. The molecule has 0 radical (unpaired) electrons. The summed E-state index contributed by atoms with van der Waals surface area (Å²) in [6.45, 7) is 3.91. The number of furan rings is 1. The summed E-state index contributed by atoms with van der Waals surface area (Å²) >= 11 is 0. The van der Waals surface area contributed by atoms with Crippen LogP contribution in [0.25, 0.3) is 0 Å². The highest BCUT2D eigenvalue weighted by molar-refractivity contribution is 5.23. The highest BCUT2D eigenvalue weighted by atomic mass is 16.4. The third-order valence-corrected chi connectivity index (χ3v) is 2.88. The van der Waals surface area contributed by atoms with Crippen LogP contribution in [0.1, 0.15) is 35.8 Å². The van der Waals surface area contributed by atoms with Crippen molar-refractivity contribution in [2.24, 2.45) is 0 Å². The topological polar surface area (TPSA) is 46.3 Å². The molecule has 84 valence electrons. The van der Waals surface area contributed by atoms with Crippen LogP contribution < -0.4 is 0 Å². The molecule has 0 aliphatic rings. The van der Waals surface area contributed by atoms with Gasteiger partial charge < -0.3 is 9.52 Å². The van der Waals surface area contributed by atoms with E-state index >= 15 is 0 Å². The predicted octanol–water partition coefficient (Wildman–Crippen LogP) is 2.82. The van der Waals surface area contributed by atoms with Crippen molar-refractivity contribution in [1.29, 1.82) is 0 Å². The van der Waals surface area contributed by atoms with E-state index in [1.165, 1.54) is 0 Å². The fourth-order valence-electron chi connectivity index (χ4n) is 1.76. The van der Waals surface area contributed by atoms with E-state index in [1.54, 1.807) is 18.7 Å². The van der Waals surface area contributed by atoms with Crippen molar-refractivity contribution >= 4 is 0 Å². The van der Waals surface area contributed by atoms with Gasteiger partial charge in [-0.05, 0) is 36.2 Å². The van der Waals surface area contributed by atoms with Gasteiger partial charge in [0.2, 0.25) is 0 Å². The van der Waals surface area contributed by atoms with Crippen LogP contribution in [0.3, 0.4) is 0 Å².